The number of ketones is 1. The van der Waals surface area contributed by atoms with Crippen LogP contribution in [0.5, 0.6) is 23.0 Å². The zero-order valence-electron chi connectivity index (χ0n) is 21.4. The number of carbonyl (C=O) groups excluding carboxylic acids is 2. The van der Waals surface area contributed by atoms with Crippen LogP contribution in [0.2, 0.25) is 5.02 Å². The molecule has 1 atom stereocenters. The van der Waals surface area contributed by atoms with Gasteiger partial charge in [-0.2, -0.15) is 0 Å². The van der Waals surface area contributed by atoms with E-state index in [0.29, 0.717) is 5.75 Å². The lowest BCUT2D eigenvalue weighted by Gasteiger charge is -2.26. The molecule has 3 aromatic rings. The maximum Gasteiger partial charge on any atom is 0.300 e. The van der Waals surface area contributed by atoms with E-state index in [2.05, 4.69) is 0 Å². The number of amides is 1. The summed E-state index contributed by atoms with van der Waals surface area (Å²) in [6.07, 6.45) is 0. The number of nitrogens with zero attached hydrogens (tertiary/aromatic N) is 1. The number of aliphatic hydroxyl groups excluding tert-OH is 1. The van der Waals surface area contributed by atoms with Gasteiger partial charge in [0.2, 0.25) is 0 Å². The molecule has 0 saturated carbocycles. The van der Waals surface area contributed by atoms with Gasteiger partial charge < -0.3 is 24.1 Å². The summed E-state index contributed by atoms with van der Waals surface area (Å²) in [6.45, 7) is 2.01. The zero-order valence-corrected chi connectivity index (χ0v) is 22.1. The molecule has 4 rings (SSSR count). The Balaban J connectivity index is 2.04. The second-order valence-corrected chi connectivity index (χ2v) is 8.70. The zero-order chi connectivity index (χ0) is 28.4. The number of ether oxygens (including phenoxy) is 4. The number of hydrogen-bond acceptors (Lipinski definition) is 7. The van der Waals surface area contributed by atoms with Crippen molar-refractivity contribution in [3.8, 4) is 23.0 Å². The van der Waals surface area contributed by atoms with Crippen molar-refractivity contribution in [1.82, 2.24) is 0 Å². The van der Waals surface area contributed by atoms with Crippen LogP contribution in [-0.2, 0) is 9.59 Å². The van der Waals surface area contributed by atoms with Gasteiger partial charge >= 0.3 is 0 Å². The summed E-state index contributed by atoms with van der Waals surface area (Å²) < 4.78 is 50.7. The second kappa shape index (κ2) is 11.2. The maximum atomic E-state index is 15.0. The van der Waals surface area contributed by atoms with E-state index in [0.717, 1.165) is 23.1 Å². The van der Waals surface area contributed by atoms with Crippen molar-refractivity contribution in [2.24, 2.45) is 0 Å². The lowest BCUT2D eigenvalue weighted by molar-refractivity contribution is -0.132. The molecule has 3 aromatic carbocycles. The van der Waals surface area contributed by atoms with Crippen LogP contribution in [0.15, 0.2) is 54.1 Å². The molecule has 204 valence electrons. The number of aliphatic hydroxyl groups is 1. The molecule has 8 nitrogen and oxygen atoms in total. The number of benzene rings is 3. The molecule has 39 heavy (non-hydrogen) atoms. The van der Waals surface area contributed by atoms with Crippen LogP contribution in [-0.4, -0.2) is 44.7 Å². The van der Waals surface area contributed by atoms with Gasteiger partial charge in [-0.3, -0.25) is 14.5 Å². The third-order valence-electron chi connectivity index (χ3n) is 6.14. The number of carbonyl (C=O) groups is 2. The first-order valence-electron chi connectivity index (χ1n) is 11.6. The van der Waals surface area contributed by atoms with Crippen LogP contribution in [0.25, 0.3) is 5.76 Å². The average Bonchev–Trinajstić information content (AvgIpc) is 3.19. The Morgan fingerprint density at radius 1 is 0.923 bits per heavy atom. The fraction of sp³-hybridized carbons (Fsp3) is 0.214. The summed E-state index contributed by atoms with van der Waals surface area (Å²) in [5.74, 6) is -3.80. The Hall–Kier alpha value is -4.31. The monoisotopic (exact) mass is 559 g/mol. The first-order chi connectivity index (χ1) is 18.7. The molecule has 1 aliphatic rings. The predicted octanol–water partition coefficient (Wildman–Crippen LogP) is 5.67. The van der Waals surface area contributed by atoms with Crippen LogP contribution >= 0.6 is 11.6 Å². The molecule has 0 radical (unpaired) electrons. The summed E-state index contributed by atoms with van der Waals surface area (Å²) >= 11 is 6.28. The number of methoxy groups -OCH3 is 3. The van der Waals surface area contributed by atoms with Gasteiger partial charge in [0.1, 0.15) is 28.9 Å². The van der Waals surface area contributed by atoms with E-state index < -0.39 is 46.4 Å². The van der Waals surface area contributed by atoms with Crippen molar-refractivity contribution in [2.75, 3.05) is 32.8 Å². The second-order valence-electron chi connectivity index (χ2n) is 8.30. The molecule has 1 heterocycles. The van der Waals surface area contributed by atoms with Gasteiger partial charge in [-0.25, -0.2) is 8.78 Å². The molecule has 1 saturated heterocycles. The topological polar surface area (TPSA) is 94.5 Å². The Bertz CT molecular complexity index is 1490. The predicted molar refractivity (Wildman–Crippen MR) is 140 cm³/mol. The third-order valence-corrected chi connectivity index (χ3v) is 6.44. The number of halogens is 3. The van der Waals surface area contributed by atoms with E-state index in [4.69, 9.17) is 30.5 Å². The van der Waals surface area contributed by atoms with E-state index in [1.54, 1.807) is 6.92 Å². The smallest absolute Gasteiger partial charge is 0.300 e. The highest BCUT2D eigenvalue weighted by Gasteiger charge is 2.48. The van der Waals surface area contributed by atoms with E-state index in [1.807, 2.05) is 0 Å². The first kappa shape index (κ1) is 27.7. The van der Waals surface area contributed by atoms with Crippen molar-refractivity contribution in [1.29, 1.82) is 0 Å². The lowest BCUT2D eigenvalue weighted by atomic mass is 9.94. The molecule has 0 bridgehead atoms. The van der Waals surface area contributed by atoms with Crippen molar-refractivity contribution in [3.63, 3.8) is 0 Å². The highest BCUT2D eigenvalue weighted by atomic mass is 35.5. The highest BCUT2D eigenvalue weighted by molar-refractivity contribution is 6.51. The van der Waals surface area contributed by atoms with Gasteiger partial charge in [0, 0.05) is 12.1 Å². The van der Waals surface area contributed by atoms with Crippen LogP contribution in [0.1, 0.15) is 24.1 Å². The molecule has 0 aliphatic carbocycles. The van der Waals surface area contributed by atoms with Crippen LogP contribution in [0, 0.1) is 11.6 Å². The van der Waals surface area contributed by atoms with E-state index >= 15 is 0 Å². The average molecular weight is 560 g/mol. The van der Waals surface area contributed by atoms with Gasteiger partial charge in [0.15, 0.2) is 11.5 Å². The van der Waals surface area contributed by atoms with Crippen LogP contribution in [0.4, 0.5) is 14.5 Å². The van der Waals surface area contributed by atoms with Gasteiger partial charge in [-0.15, -0.1) is 0 Å². The van der Waals surface area contributed by atoms with Crippen LogP contribution in [0.3, 0.4) is 0 Å². The molecular formula is C28H24ClF2NO7. The first-order valence-corrected chi connectivity index (χ1v) is 12.0. The number of hydrogen-bond donors (Lipinski definition) is 1. The van der Waals surface area contributed by atoms with Crippen molar-refractivity contribution in [3.05, 3.63) is 81.9 Å². The summed E-state index contributed by atoms with van der Waals surface area (Å²) in [5.41, 5.74) is -0.669. The van der Waals surface area contributed by atoms with Crippen LogP contribution < -0.4 is 23.8 Å². The largest absolute Gasteiger partial charge is 0.507 e. The molecule has 0 aromatic heterocycles. The fourth-order valence-electron chi connectivity index (χ4n) is 4.39. The van der Waals surface area contributed by atoms with E-state index in [1.165, 1.54) is 51.7 Å². The molecular weight excluding hydrogens is 536 g/mol. The van der Waals surface area contributed by atoms with Gasteiger partial charge in [-0.1, -0.05) is 17.7 Å². The number of rotatable bonds is 8. The molecule has 1 aliphatic heterocycles. The van der Waals surface area contributed by atoms with Crippen molar-refractivity contribution in [2.45, 2.75) is 13.0 Å². The third kappa shape index (κ3) is 4.95. The number of Topliss-reactive ketones (excluding diaryl/α,β-unsaturated/α-hetero) is 1. The molecule has 11 heteroatoms. The van der Waals surface area contributed by atoms with Gasteiger partial charge in [0.05, 0.1) is 55.8 Å². The summed E-state index contributed by atoms with van der Waals surface area (Å²) in [4.78, 5) is 27.6. The van der Waals surface area contributed by atoms with Gasteiger partial charge in [0.25, 0.3) is 11.7 Å². The Kier molecular flexibility index (Phi) is 7.96. The minimum Gasteiger partial charge on any atom is -0.507 e. The fourth-order valence-corrected chi connectivity index (χ4v) is 4.63. The quantitative estimate of drug-likeness (QED) is 0.216. The molecule has 1 unspecified atom stereocenters. The number of anilines is 1. The lowest BCUT2D eigenvalue weighted by Crippen LogP contribution is -2.30. The Morgan fingerprint density at radius 2 is 1.62 bits per heavy atom. The highest BCUT2D eigenvalue weighted by Crippen LogP contribution is 2.46. The van der Waals surface area contributed by atoms with Crippen molar-refractivity contribution >= 4 is 34.7 Å². The Labute approximate surface area is 227 Å². The normalized spacial score (nSPS) is 16.4. The SMILES string of the molecule is CCOc1cc(C2/C(=C(\O)c3cc(Cl)c(OC)cc3OC)C(=O)C(=O)N2c2cc(F)ccc2F)ccc1OC. The van der Waals surface area contributed by atoms with Gasteiger partial charge in [-0.05, 0) is 42.8 Å². The summed E-state index contributed by atoms with van der Waals surface area (Å²) in [6, 6.07) is 8.39. The standard InChI is InChI=1S/C28H24ClF2NO7/c1-5-39-23-10-14(6-9-20(23)36-2)25-24(26(33)16-12-17(29)22(38-4)13-21(16)37-3)27(34)28(35)32(25)19-11-15(30)7-8-18(19)31/h6-13,25,33H,5H2,1-4H3/b26-24+. The maximum absolute atomic E-state index is 15.0. The molecule has 1 N–H and O–H groups in total. The summed E-state index contributed by atoms with van der Waals surface area (Å²) in [5, 5.41) is 11.6. The Morgan fingerprint density at radius 3 is 2.26 bits per heavy atom. The molecule has 1 amide bonds. The molecule has 1 fully saturated rings. The molecule has 0 spiro atoms. The van der Waals surface area contributed by atoms with Crippen molar-refractivity contribution < 1.29 is 42.4 Å². The van der Waals surface area contributed by atoms with E-state index in [-0.39, 0.29) is 40.0 Å². The summed E-state index contributed by atoms with van der Waals surface area (Å²) in [7, 11) is 4.15. The minimum atomic E-state index is -1.39. The minimum absolute atomic E-state index is 0.0236. The van der Waals surface area contributed by atoms with E-state index in [9.17, 15) is 23.5 Å².